The summed E-state index contributed by atoms with van der Waals surface area (Å²) in [5, 5.41) is 0. The maximum atomic E-state index is 11.9. The summed E-state index contributed by atoms with van der Waals surface area (Å²) in [5.74, 6) is -0.298. The van der Waals surface area contributed by atoms with E-state index in [1.807, 2.05) is 32.6 Å². The molecule has 0 aliphatic carbocycles. The number of piperazine rings is 1. The van der Waals surface area contributed by atoms with Crippen LogP contribution in [0.1, 0.15) is 34.1 Å². The summed E-state index contributed by atoms with van der Waals surface area (Å²) in [5.41, 5.74) is 4.89. The smallest absolute Gasteiger partial charge is 0.410 e. The summed E-state index contributed by atoms with van der Waals surface area (Å²) in [7, 11) is 0. The van der Waals surface area contributed by atoms with E-state index < -0.39 is 5.60 Å². The number of amides is 2. The summed E-state index contributed by atoms with van der Waals surface area (Å²) in [6.07, 6.45) is 0.404. The van der Waals surface area contributed by atoms with Gasteiger partial charge in [-0.3, -0.25) is 9.69 Å². The van der Waals surface area contributed by atoms with Gasteiger partial charge in [0.2, 0.25) is 5.91 Å². The second-order valence-corrected chi connectivity index (χ2v) is 5.83. The largest absolute Gasteiger partial charge is 0.444 e. The number of hydrogen-bond acceptors (Lipinski definition) is 4. The average molecular weight is 271 g/mol. The second-order valence-electron chi connectivity index (χ2n) is 5.83. The predicted molar refractivity (Wildman–Crippen MR) is 72.7 cm³/mol. The fourth-order valence-electron chi connectivity index (χ4n) is 2.18. The highest BCUT2D eigenvalue weighted by Gasteiger charge is 2.29. The Balaban J connectivity index is 2.49. The first-order chi connectivity index (χ1) is 8.74. The third-order valence-electron chi connectivity index (χ3n) is 3.12. The standard InChI is InChI=1S/C13H25N3O3/c1-5-10(11(14)17)15-6-8-16(9-7-15)12(18)19-13(2,3)4/h10H,5-9H2,1-4H3,(H2,14,17). The number of nitrogens with zero attached hydrogens (tertiary/aromatic N) is 2. The molecule has 1 saturated heterocycles. The van der Waals surface area contributed by atoms with Crippen LogP contribution in [0.5, 0.6) is 0 Å². The van der Waals surface area contributed by atoms with Crippen LogP contribution in [0.25, 0.3) is 0 Å². The Kier molecular flexibility index (Phi) is 5.17. The molecule has 6 nitrogen and oxygen atoms in total. The molecule has 0 aromatic rings. The molecule has 1 aliphatic rings. The van der Waals surface area contributed by atoms with Crippen molar-refractivity contribution < 1.29 is 14.3 Å². The van der Waals surface area contributed by atoms with Crippen molar-refractivity contribution >= 4 is 12.0 Å². The van der Waals surface area contributed by atoms with Crippen LogP contribution in [0, 0.1) is 0 Å². The van der Waals surface area contributed by atoms with Crippen molar-refractivity contribution in [3.05, 3.63) is 0 Å². The second kappa shape index (κ2) is 6.23. The number of rotatable bonds is 3. The van der Waals surface area contributed by atoms with Crippen molar-refractivity contribution in [2.24, 2.45) is 5.73 Å². The summed E-state index contributed by atoms with van der Waals surface area (Å²) < 4.78 is 5.32. The maximum Gasteiger partial charge on any atom is 0.410 e. The monoisotopic (exact) mass is 271 g/mol. The molecular weight excluding hydrogens is 246 g/mol. The molecule has 0 bridgehead atoms. The molecule has 1 rings (SSSR count). The van der Waals surface area contributed by atoms with Crippen LogP contribution >= 0.6 is 0 Å². The molecule has 0 radical (unpaired) electrons. The zero-order valence-corrected chi connectivity index (χ0v) is 12.3. The number of carbonyl (C=O) groups is 2. The van der Waals surface area contributed by atoms with Crippen molar-refractivity contribution in [2.45, 2.75) is 45.8 Å². The molecule has 1 unspecified atom stereocenters. The topological polar surface area (TPSA) is 75.9 Å². The molecule has 110 valence electrons. The van der Waals surface area contributed by atoms with Gasteiger partial charge >= 0.3 is 6.09 Å². The molecular formula is C13H25N3O3. The third kappa shape index (κ3) is 4.70. The number of hydrogen-bond donors (Lipinski definition) is 1. The van der Waals surface area contributed by atoms with E-state index in [0.717, 1.165) is 0 Å². The van der Waals surface area contributed by atoms with E-state index in [2.05, 4.69) is 0 Å². The molecule has 2 amide bonds. The van der Waals surface area contributed by atoms with E-state index in [1.165, 1.54) is 0 Å². The van der Waals surface area contributed by atoms with Crippen LogP contribution in [0.3, 0.4) is 0 Å². The number of nitrogens with two attached hydrogens (primary N) is 1. The van der Waals surface area contributed by atoms with Gasteiger partial charge < -0.3 is 15.4 Å². The molecule has 1 fully saturated rings. The fourth-order valence-corrected chi connectivity index (χ4v) is 2.18. The van der Waals surface area contributed by atoms with Crippen molar-refractivity contribution in [3.63, 3.8) is 0 Å². The van der Waals surface area contributed by atoms with Crippen LogP contribution in [0.4, 0.5) is 4.79 Å². The van der Waals surface area contributed by atoms with Gasteiger partial charge in [0.05, 0.1) is 6.04 Å². The maximum absolute atomic E-state index is 11.9. The highest BCUT2D eigenvalue weighted by Crippen LogP contribution is 2.13. The van der Waals surface area contributed by atoms with Gasteiger partial charge in [0.15, 0.2) is 0 Å². The van der Waals surface area contributed by atoms with Crippen LogP contribution in [-0.2, 0) is 9.53 Å². The molecule has 2 N–H and O–H groups in total. The zero-order chi connectivity index (χ0) is 14.6. The van der Waals surface area contributed by atoms with Gasteiger partial charge in [0.1, 0.15) is 5.60 Å². The minimum Gasteiger partial charge on any atom is -0.444 e. The lowest BCUT2D eigenvalue weighted by atomic mass is 10.1. The highest BCUT2D eigenvalue weighted by atomic mass is 16.6. The van der Waals surface area contributed by atoms with Gasteiger partial charge in [-0.1, -0.05) is 6.92 Å². The van der Waals surface area contributed by atoms with Crippen molar-refractivity contribution in [1.29, 1.82) is 0 Å². The molecule has 1 atom stereocenters. The summed E-state index contributed by atoms with van der Waals surface area (Å²) in [6.45, 7) is 9.93. The first-order valence-electron chi connectivity index (χ1n) is 6.76. The lowest BCUT2D eigenvalue weighted by Crippen LogP contribution is -2.55. The summed E-state index contributed by atoms with van der Waals surface area (Å²) >= 11 is 0. The van der Waals surface area contributed by atoms with E-state index in [0.29, 0.717) is 32.6 Å². The summed E-state index contributed by atoms with van der Waals surface area (Å²) in [4.78, 5) is 26.9. The van der Waals surface area contributed by atoms with E-state index in [-0.39, 0.29) is 18.0 Å². The molecule has 0 aromatic carbocycles. The average Bonchev–Trinajstić information content (AvgIpc) is 2.28. The SMILES string of the molecule is CCC(C(N)=O)N1CCN(C(=O)OC(C)(C)C)CC1. The number of ether oxygens (including phenoxy) is 1. The van der Waals surface area contributed by atoms with Crippen LogP contribution in [0.2, 0.25) is 0 Å². The Hall–Kier alpha value is -1.30. The minimum absolute atomic E-state index is 0.235. The quantitative estimate of drug-likeness (QED) is 0.824. The van der Waals surface area contributed by atoms with Crippen molar-refractivity contribution in [3.8, 4) is 0 Å². The van der Waals surface area contributed by atoms with Crippen molar-refractivity contribution in [2.75, 3.05) is 26.2 Å². The van der Waals surface area contributed by atoms with Gasteiger partial charge in [0.25, 0.3) is 0 Å². The normalized spacial score (nSPS) is 19.1. The Labute approximate surface area is 114 Å². The lowest BCUT2D eigenvalue weighted by Gasteiger charge is -2.38. The van der Waals surface area contributed by atoms with E-state index in [4.69, 9.17) is 10.5 Å². The lowest BCUT2D eigenvalue weighted by molar-refractivity contribution is -0.124. The van der Waals surface area contributed by atoms with Gasteiger partial charge in [-0.2, -0.15) is 0 Å². The van der Waals surface area contributed by atoms with Gasteiger partial charge in [-0.25, -0.2) is 4.79 Å². The Morgan fingerprint density at radius 3 is 2.11 bits per heavy atom. The van der Waals surface area contributed by atoms with E-state index >= 15 is 0 Å². The summed E-state index contributed by atoms with van der Waals surface area (Å²) in [6, 6.07) is -0.235. The van der Waals surface area contributed by atoms with Gasteiger partial charge in [0, 0.05) is 26.2 Å². The highest BCUT2D eigenvalue weighted by molar-refractivity contribution is 5.79. The fraction of sp³-hybridized carbons (Fsp3) is 0.846. The minimum atomic E-state index is -0.479. The molecule has 1 aliphatic heterocycles. The zero-order valence-electron chi connectivity index (χ0n) is 12.3. The molecule has 19 heavy (non-hydrogen) atoms. The Bertz CT molecular complexity index is 331. The van der Waals surface area contributed by atoms with E-state index in [9.17, 15) is 9.59 Å². The van der Waals surface area contributed by atoms with Gasteiger partial charge in [-0.05, 0) is 27.2 Å². The van der Waals surface area contributed by atoms with E-state index in [1.54, 1.807) is 4.90 Å². The number of carbonyl (C=O) groups excluding carboxylic acids is 2. The predicted octanol–water partition coefficient (Wildman–Crippen LogP) is 0.803. The molecule has 0 aromatic heterocycles. The molecule has 1 heterocycles. The Morgan fingerprint density at radius 1 is 1.21 bits per heavy atom. The first-order valence-corrected chi connectivity index (χ1v) is 6.76. The van der Waals surface area contributed by atoms with Crippen LogP contribution < -0.4 is 5.73 Å². The van der Waals surface area contributed by atoms with Crippen molar-refractivity contribution in [1.82, 2.24) is 9.80 Å². The van der Waals surface area contributed by atoms with Crippen LogP contribution in [-0.4, -0.2) is 59.6 Å². The first kappa shape index (κ1) is 15.8. The third-order valence-corrected chi connectivity index (χ3v) is 3.12. The molecule has 0 saturated carbocycles. The Morgan fingerprint density at radius 2 is 1.74 bits per heavy atom. The van der Waals surface area contributed by atoms with Gasteiger partial charge in [-0.15, -0.1) is 0 Å². The number of primary amides is 1. The molecule has 0 spiro atoms. The van der Waals surface area contributed by atoms with Crippen LogP contribution in [0.15, 0.2) is 0 Å². The molecule has 6 heteroatoms.